The second-order valence-corrected chi connectivity index (χ2v) is 9.52. The average molecular weight is 453 g/mol. The summed E-state index contributed by atoms with van der Waals surface area (Å²) in [6, 6.07) is 3.42. The Bertz CT molecular complexity index is 733. The number of nitrogens with one attached hydrogen (secondary N) is 1. The molecule has 30 heavy (non-hydrogen) atoms. The first-order valence-electron chi connectivity index (χ1n) is 10.2. The van der Waals surface area contributed by atoms with Gasteiger partial charge in [0.05, 0.1) is 23.2 Å². The number of hydrogen-bond acceptors (Lipinski definition) is 5. The summed E-state index contributed by atoms with van der Waals surface area (Å²) in [5.74, 6) is 0. The van der Waals surface area contributed by atoms with Crippen molar-refractivity contribution in [1.82, 2.24) is 9.62 Å². The Labute approximate surface area is 176 Å². The van der Waals surface area contributed by atoms with Crippen molar-refractivity contribution in [3.8, 4) is 0 Å². The molecule has 6 nitrogen and oxygen atoms in total. The Morgan fingerprint density at radius 2 is 1.73 bits per heavy atom. The van der Waals surface area contributed by atoms with Crippen molar-refractivity contribution in [2.75, 3.05) is 33.4 Å². The number of unbranched alkanes of at least 4 members (excludes halogenated alkanes) is 1. The van der Waals surface area contributed by atoms with Crippen molar-refractivity contribution < 1.29 is 31.4 Å². The summed E-state index contributed by atoms with van der Waals surface area (Å²) in [4.78, 5) is -0.133. The van der Waals surface area contributed by atoms with Crippen LogP contribution in [-0.2, 0) is 20.9 Å². The Morgan fingerprint density at radius 3 is 2.30 bits per heavy atom. The molecule has 0 saturated heterocycles. The second-order valence-electron chi connectivity index (χ2n) is 7.53. The molecule has 0 amide bonds. The van der Waals surface area contributed by atoms with Gasteiger partial charge in [-0.2, -0.15) is 17.5 Å². The molecule has 0 aliphatic heterocycles. The minimum Gasteiger partial charge on any atom is -0.395 e. The van der Waals surface area contributed by atoms with E-state index in [9.17, 15) is 21.6 Å². The second kappa shape index (κ2) is 11.4. The van der Waals surface area contributed by atoms with Crippen LogP contribution in [-0.4, -0.2) is 63.3 Å². The molecule has 0 heterocycles. The zero-order valence-corrected chi connectivity index (χ0v) is 18.0. The predicted molar refractivity (Wildman–Crippen MR) is 108 cm³/mol. The topological polar surface area (TPSA) is 78.9 Å². The first kappa shape index (κ1) is 25.1. The summed E-state index contributed by atoms with van der Waals surface area (Å²) in [5.41, 5.74) is -0.870. The molecule has 0 unspecified atom stereocenters. The molecular formula is C20H31F3N2O4S. The minimum atomic E-state index is -4.50. The van der Waals surface area contributed by atoms with E-state index >= 15 is 0 Å². The number of halogens is 3. The third-order valence-corrected chi connectivity index (χ3v) is 7.33. The SMILES string of the molecule is CN([C@H]1CC[C@H](OCCCCNCCO)CC1)S(=O)(=O)c1ccc(C(F)(F)F)cc1. The number of rotatable bonds is 11. The zero-order valence-electron chi connectivity index (χ0n) is 17.2. The van der Waals surface area contributed by atoms with Crippen LogP contribution in [0, 0.1) is 0 Å². The molecule has 0 atom stereocenters. The standard InChI is InChI=1S/C20H31F3N2O4S/c1-25(30(27,28)19-10-4-16(5-11-19)20(21,22)23)17-6-8-18(9-7-17)29-15-3-2-12-24-13-14-26/h4-5,10-11,17-18,24,26H,2-3,6-9,12-15H2,1H3/t17-,18-. The summed E-state index contributed by atoms with van der Waals surface area (Å²) in [6.07, 6.45) is 0.291. The van der Waals surface area contributed by atoms with Crippen molar-refractivity contribution in [2.24, 2.45) is 0 Å². The molecular weight excluding hydrogens is 421 g/mol. The van der Waals surface area contributed by atoms with Gasteiger partial charge in [0.2, 0.25) is 10.0 Å². The average Bonchev–Trinajstić information content (AvgIpc) is 2.72. The summed E-state index contributed by atoms with van der Waals surface area (Å²) in [6.45, 7) is 2.20. The lowest BCUT2D eigenvalue weighted by molar-refractivity contribution is -0.137. The van der Waals surface area contributed by atoms with E-state index in [0.29, 0.717) is 26.0 Å². The Hall–Kier alpha value is -1.20. The van der Waals surface area contributed by atoms with Gasteiger partial charge in [-0.3, -0.25) is 0 Å². The lowest BCUT2D eigenvalue weighted by Crippen LogP contribution is -2.40. The van der Waals surface area contributed by atoms with Crippen molar-refractivity contribution in [1.29, 1.82) is 0 Å². The first-order valence-corrected chi connectivity index (χ1v) is 11.7. The molecule has 0 bridgehead atoms. The summed E-state index contributed by atoms with van der Waals surface area (Å²) in [5, 5.41) is 11.8. The number of nitrogens with zero attached hydrogens (tertiary/aromatic N) is 1. The predicted octanol–water partition coefficient (Wildman–Crippen LogP) is 3.02. The fourth-order valence-electron chi connectivity index (χ4n) is 3.56. The molecule has 0 aromatic heterocycles. The van der Waals surface area contributed by atoms with Gasteiger partial charge in [0.1, 0.15) is 0 Å². The van der Waals surface area contributed by atoms with E-state index in [-0.39, 0.29) is 23.6 Å². The van der Waals surface area contributed by atoms with E-state index in [1.54, 1.807) is 0 Å². The van der Waals surface area contributed by atoms with E-state index in [1.807, 2.05) is 0 Å². The largest absolute Gasteiger partial charge is 0.416 e. The van der Waals surface area contributed by atoms with Crippen molar-refractivity contribution >= 4 is 10.0 Å². The van der Waals surface area contributed by atoms with Crippen LogP contribution in [0.3, 0.4) is 0 Å². The number of sulfonamides is 1. The van der Waals surface area contributed by atoms with Crippen LogP contribution in [0.25, 0.3) is 0 Å². The zero-order chi connectivity index (χ0) is 22.2. The number of aliphatic hydroxyl groups is 1. The van der Waals surface area contributed by atoms with E-state index in [0.717, 1.165) is 56.5 Å². The van der Waals surface area contributed by atoms with Gasteiger partial charge in [-0.25, -0.2) is 8.42 Å². The number of benzene rings is 1. The van der Waals surface area contributed by atoms with Gasteiger partial charge in [-0.15, -0.1) is 0 Å². The highest BCUT2D eigenvalue weighted by molar-refractivity contribution is 7.89. The molecule has 1 aliphatic rings. The van der Waals surface area contributed by atoms with Crippen LogP contribution in [0.5, 0.6) is 0 Å². The molecule has 2 rings (SSSR count). The van der Waals surface area contributed by atoms with Gasteiger partial charge in [-0.05, 0) is 69.3 Å². The van der Waals surface area contributed by atoms with Gasteiger partial charge >= 0.3 is 6.18 Å². The summed E-state index contributed by atoms with van der Waals surface area (Å²) < 4.78 is 70.8. The van der Waals surface area contributed by atoms with Gasteiger partial charge in [0.15, 0.2) is 0 Å². The fraction of sp³-hybridized carbons (Fsp3) is 0.700. The van der Waals surface area contributed by atoms with Crippen LogP contribution in [0.4, 0.5) is 13.2 Å². The molecule has 1 saturated carbocycles. The third kappa shape index (κ3) is 7.19. The molecule has 1 aromatic rings. The summed E-state index contributed by atoms with van der Waals surface area (Å²) in [7, 11) is -2.37. The number of aliphatic hydroxyl groups excluding tert-OH is 1. The van der Waals surface area contributed by atoms with Crippen molar-refractivity contribution in [3.63, 3.8) is 0 Å². The Kier molecular flexibility index (Phi) is 9.55. The molecule has 0 spiro atoms. The number of ether oxygens (including phenoxy) is 1. The molecule has 2 N–H and O–H groups in total. The quantitative estimate of drug-likeness (QED) is 0.505. The summed E-state index contributed by atoms with van der Waals surface area (Å²) >= 11 is 0. The van der Waals surface area contributed by atoms with Gasteiger partial charge in [0.25, 0.3) is 0 Å². The molecule has 1 aliphatic carbocycles. The molecule has 10 heteroatoms. The van der Waals surface area contributed by atoms with Crippen LogP contribution in [0.1, 0.15) is 44.1 Å². The number of hydrogen-bond donors (Lipinski definition) is 2. The van der Waals surface area contributed by atoms with Crippen LogP contribution < -0.4 is 5.32 Å². The lowest BCUT2D eigenvalue weighted by Gasteiger charge is -2.34. The first-order chi connectivity index (χ1) is 14.2. The van der Waals surface area contributed by atoms with E-state index in [4.69, 9.17) is 9.84 Å². The van der Waals surface area contributed by atoms with Crippen LogP contribution >= 0.6 is 0 Å². The highest BCUT2D eigenvalue weighted by Crippen LogP contribution is 2.32. The van der Waals surface area contributed by atoms with Gasteiger partial charge < -0.3 is 15.2 Å². The maximum atomic E-state index is 12.8. The molecule has 1 aromatic carbocycles. The maximum absolute atomic E-state index is 12.8. The Morgan fingerprint density at radius 1 is 1.10 bits per heavy atom. The number of alkyl halides is 3. The van der Waals surface area contributed by atoms with Gasteiger partial charge in [0, 0.05) is 26.2 Å². The Balaban J connectivity index is 1.79. The van der Waals surface area contributed by atoms with Crippen LogP contribution in [0.2, 0.25) is 0 Å². The minimum absolute atomic E-state index is 0.105. The molecule has 172 valence electrons. The van der Waals surface area contributed by atoms with Gasteiger partial charge in [-0.1, -0.05) is 0 Å². The smallest absolute Gasteiger partial charge is 0.395 e. The molecule has 0 radical (unpaired) electrons. The highest BCUT2D eigenvalue weighted by Gasteiger charge is 2.34. The normalized spacial score (nSPS) is 20.6. The van der Waals surface area contributed by atoms with Crippen molar-refractivity contribution in [2.45, 2.75) is 61.7 Å². The van der Waals surface area contributed by atoms with E-state index in [1.165, 1.54) is 11.4 Å². The van der Waals surface area contributed by atoms with Crippen LogP contribution in [0.15, 0.2) is 29.2 Å². The monoisotopic (exact) mass is 452 g/mol. The van der Waals surface area contributed by atoms with E-state index in [2.05, 4.69) is 5.32 Å². The maximum Gasteiger partial charge on any atom is 0.416 e. The fourth-order valence-corrected chi connectivity index (χ4v) is 4.98. The van der Waals surface area contributed by atoms with E-state index < -0.39 is 21.8 Å². The third-order valence-electron chi connectivity index (χ3n) is 5.41. The lowest BCUT2D eigenvalue weighted by atomic mass is 9.93. The molecule has 1 fully saturated rings. The van der Waals surface area contributed by atoms with Crippen molar-refractivity contribution in [3.05, 3.63) is 29.8 Å². The highest BCUT2D eigenvalue weighted by atomic mass is 32.2.